The average molecular weight is 418 g/mol. The minimum Gasteiger partial charge on any atom is -0.379 e. The highest BCUT2D eigenvalue weighted by Crippen LogP contribution is 2.36. The molecule has 0 N–H and O–H groups in total. The summed E-state index contributed by atoms with van der Waals surface area (Å²) in [6.45, 7) is 2.75. The number of hydrogen-bond acceptors (Lipinski definition) is 1. The largest absolute Gasteiger partial charge is 0.379 e. The Morgan fingerprint density at radius 2 is 1.53 bits per heavy atom. The maximum atomic E-state index is 14.8. The normalized spacial score (nSPS) is 20.9. The van der Waals surface area contributed by atoms with E-state index in [0.717, 1.165) is 50.8 Å². The van der Waals surface area contributed by atoms with Gasteiger partial charge >= 0.3 is 0 Å². The Hall–Kier alpha value is -2.14. The van der Waals surface area contributed by atoms with E-state index in [1.807, 2.05) is 6.92 Å². The maximum absolute atomic E-state index is 14.8. The molecule has 4 rings (SSSR count). The lowest BCUT2D eigenvalue weighted by Gasteiger charge is -2.28. The Morgan fingerprint density at radius 3 is 2.20 bits per heavy atom. The van der Waals surface area contributed by atoms with Crippen molar-refractivity contribution in [3.8, 4) is 0 Å². The first kappa shape index (κ1) is 21.1. The van der Waals surface area contributed by atoms with Gasteiger partial charge in [0.25, 0.3) is 0 Å². The lowest BCUT2D eigenvalue weighted by molar-refractivity contribution is 0.0248. The molecule has 160 valence electrons. The molecule has 0 radical (unpaired) electrons. The molecule has 0 spiro atoms. The van der Waals surface area contributed by atoms with Crippen LogP contribution in [0.3, 0.4) is 0 Å². The summed E-state index contributed by atoms with van der Waals surface area (Å²) in [7, 11) is 0. The molecule has 2 aromatic carbocycles. The fourth-order valence-corrected chi connectivity index (χ4v) is 4.77. The first-order valence-electron chi connectivity index (χ1n) is 10.7. The molecular weight excluding hydrogens is 392 g/mol. The van der Waals surface area contributed by atoms with Gasteiger partial charge in [0.15, 0.2) is 11.6 Å². The number of halogens is 4. The van der Waals surface area contributed by atoms with Crippen molar-refractivity contribution in [3.63, 3.8) is 0 Å². The number of hydrogen-bond donors (Lipinski definition) is 0. The van der Waals surface area contributed by atoms with Gasteiger partial charge in [-0.3, -0.25) is 0 Å². The molecular formula is C25H26F4O. The first-order valence-corrected chi connectivity index (χ1v) is 10.7. The molecule has 0 heterocycles. The Bertz CT molecular complexity index is 935. The molecule has 1 saturated carbocycles. The molecule has 0 aromatic heterocycles. The molecule has 0 atom stereocenters. The van der Waals surface area contributed by atoms with E-state index in [0.29, 0.717) is 40.7 Å². The second-order valence-corrected chi connectivity index (χ2v) is 8.38. The lowest BCUT2D eigenvalue weighted by atomic mass is 9.83. The SMILES string of the molecule is CCOC1CCC(CCc2cc(F)c(C3=Cc4cc(F)c(F)cc4C3)c(F)c2)CC1. The predicted octanol–water partition coefficient (Wildman–Crippen LogP) is 6.87. The highest BCUT2D eigenvalue weighted by molar-refractivity contribution is 5.89. The van der Waals surface area contributed by atoms with Crippen molar-refractivity contribution in [2.45, 2.75) is 58.0 Å². The van der Waals surface area contributed by atoms with Crippen LogP contribution in [0.2, 0.25) is 0 Å². The number of fused-ring (bicyclic) bond motifs is 1. The van der Waals surface area contributed by atoms with Crippen LogP contribution in [0.4, 0.5) is 17.6 Å². The standard InChI is InChI=1S/C25H26F4O/c1-2-30-20-7-5-15(6-8-20)3-4-16-9-23(28)25(24(29)10-16)19-11-17-13-21(26)22(27)14-18(17)12-19/h9-11,13-15,20H,2-8,12H2,1H3. The van der Waals surface area contributed by atoms with Crippen molar-refractivity contribution in [1.82, 2.24) is 0 Å². The van der Waals surface area contributed by atoms with Crippen LogP contribution in [0.15, 0.2) is 24.3 Å². The van der Waals surface area contributed by atoms with E-state index in [9.17, 15) is 17.6 Å². The van der Waals surface area contributed by atoms with Gasteiger partial charge in [0.2, 0.25) is 0 Å². The van der Waals surface area contributed by atoms with Gasteiger partial charge in [-0.2, -0.15) is 0 Å². The fourth-order valence-electron chi connectivity index (χ4n) is 4.77. The average Bonchev–Trinajstić information content (AvgIpc) is 3.09. The summed E-state index contributed by atoms with van der Waals surface area (Å²) < 4.78 is 62.2. The minimum atomic E-state index is -0.960. The summed E-state index contributed by atoms with van der Waals surface area (Å²) in [5.74, 6) is -2.59. The highest BCUT2D eigenvalue weighted by Gasteiger charge is 2.24. The third-order valence-electron chi connectivity index (χ3n) is 6.35. The smallest absolute Gasteiger partial charge is 0.159 e. The van der Waals surface area contributed by atoms with Gasteiger partial charge in [-0.1, -0.05) is 6.08 Å². The molecule has 5 heteroatoms. The van der Waals surface area contributed by atoms with Crippen LogP contribution in [0.5, 0.6) is 0 Å². The molecule has 2 aliphatic carbocycles. The van der Waals surface area contributed by atoms with E-state index in [2.05, 4.69) is 0 Å². The maximum Gasteiger partial charge on any atom is 0.159 e. The van der Waals surface area contributed by atoms with Crippen LogP contribution < -0.4 is 0 Å². The van der Waals surface area contributed by atoms with E-state index in [-0.39, 0.29) is 12.0 Å². The fraction of sp³-hybridized carbons (Fsp3) is 0.440. The second kappa shape index (κ2) is 8.93. The zero-order valence-corrected chi connectivity index (χ0v) is 17.1. The summed E-state index contributed by atoms with van der Waals surface area (Å²) in [6.07, 6.45) is 7.89. The van der Waals surface area contributed by atoms with Gasteiger partial charge in [-0.15, -0.1) is 0 Å². The predicted molar refractivity (Wildman–Crippen MR) is 110 cm³/mol. The van der Waals surface area contributed by atoms with E-state index in [4.69, 9.17) is 4.74 Å². The molecule has 0 saturated heterocycles. The third kappa shape index (κ3) is 4.46. The van der Waals surface area contributed by atoms with Crippen molar-refractivity contribution in [2.75, 3.05) is 6.61 Å². The summed E-state index contributed by atoms with van der Waals surface area (Å²) in [5, 5.41) is 0. The Balaban J connectivity index is 1.43. The number of aryl methyl sites for hydroxylation is 1. The van der Waals surface area contributed by atoms with Crippen LogP contribution in [0.25, 0.3) is 11.6 Å². The molecule has 0 bridgehead atoms. The molecule has 0 unspecified atom stereocenters. The Labute approximate surface area is 174 Å². The molecule has 1 nitrogen and oxygen atoms in total. The number of rotatable bonds is 6. The van der Waals surface area contributed by atoms with Gasteiger partial charge in [0, 0.05) is 12.2 Å². The summed E-state index contributed by atoms with van der Waals surface area (Å²) in [5.41, 5.74) is 1.96. The van der Waals surface area contributed by atoms with E-state index in [1.165, 1.54) is 18.2 Å². The van der Waals surface area contributed by atoms with Crippen LogP contribution in [0.1, 0.15) is 61.3 Å². The molecule has 1 fully saturated rings. The van der Waals surface area contributed by atoms with Gasteiger partial charge in [-0.05, 0) is 104 Å². The van der Waals surface area contributed by atoms with Crippen LogP contribution >= 0.6 is 0 Å². The topological polar surface area (TPSA) is 9.23 Å². The second-order valence-electron chi connectivity index (χ2n) is 8.38. The van der Waals surface area contributed by atoms with Crippen molar-refractivity contribution >= 4 is 11.6 Å². The molecule has 2 aliphatic rings. The number of allylic oxidation sites excluding steroid dienone is 1. The monoisotopic (exact) mass is 418 g/mol. The van der Waals surface area contributed by atoms with Gasteiger partial charge in [-0.25, -0.2) is 17.6 Å². The summed E-state index contributed by atoms with van der Waals surface area (Å²) in [4.78, 5) is 0. The third-order valence-corrected chi connectivity index (χ3v) is 6.35. The van der Waals surface area contributed by atoms with Gasteiger partial charge in [0.1, 0.15) is 11.6 Å². The van der Waals surface area contributed by atoms with Crippen LogP contribution in [-0.2, 0) is 17.6 Å². The van der Waals surface area contributed by atoms with Gasteiger partial charge in [0.05, 0.1) is 6.10 Å². The number of benzene rings is 2. The summed E-state index contributed by atoms with van der Waals surface area (Å²) in [6, 6.07) is 4.96. The zero-order chi connectivity index (χ0) is 21.3. The van der Waals surface area contributed by atoms with E-state index >= 15 is 0 Å². The van der Waals surface area contributed by atoms with Crippen molar-refractivity contribution in [3.05, 3.63) is 69.8 Å². The lowest BCUT2D eigenvalue weighted by Crippen LogP contribution is -2.21. The summed E-state index contributed by atoms with van der Waals surface area (Å²) >= 11 is 0. The molecule has 2 aromatic rings. The minimum absolute atomic E-state index is 0.104. The van der Waals surface area contributed by atoms with Crippen LogP contribution in [-0.4, -0.2) is 12.7 Å². The zero-order valence-electron chi connectivity index (χ0n) is 17.1. The molecule has 0 amide bonds. The first-order chi connectivity index (χ1) is 14.4. The van der Waals surface area contributed by atoms with E-state index in [1.54, 1.807) is 0 Å². The number of ether oxygens (including phenoxy) is 1. The van der Waals surface area contributed by atoms with Crippen molar-refractivity contribution in [2.24, 2.45) is 5.92 Å². The van der Waals surface area contributed by atoms with Crippen molar-refractivity contribution in [1.29, 1.82) is 0 Å². The highest BCUT2D eigenvalue weighted by atomic mass is 19.2. The van der Waals surface area contributed by atoms with E-state index < -0.39 is 23.3 Å². The quantitative estimate of drug-likeness (QED) is 0.465. The molecule has 30 heavy (non-hydrogen) atoms. The Kier molecular flexibility index (Phi) is 6.28. The molecule has 0 aliphatic heterocycles. The van der Waals surface area contributed by atoms with Crippen LogP contribution in [0, 0.1) is 29.2 Å². The van der Waals surface area contributed by atoms with Gasteiger partial charge < -0.3 is 4.74 Å². The van der Waals surface area contributed by atoms with Crippen molar-refractivity contribution < 1.29 is 22.3 Å². The Morgan fingerprint density at radius 1 is 0.867 bits per heavy atom.